The topological polar surface area (TPSA) is 136 Å². The van der Waals surface area contributed by atoms with E-state index in [1.165, 1.54) is 0 Å². The highest BCUT2D eigenvalue weighted by Crippen LogP contribution is 2.26. The van der Waals surface area contributed by atoms with E-state index in [-0.39, 0.29) is 24.4 Å². The number of ether oxygens (including phenoxy) is 6. The average Bonchev–Trinajstić information content (AvgIpc) is 2.96. The Bertz CT molecular complexity index is 925. The SMILES string of the molecule is CCOC(=O)C(CCc1ccc(OCCOCCOCCOCCN)cc1)C(=O)C1CCN(C(=O)OC(C)(C)C)CC1. The second kappa shape index (κ2) is 19.5. The van der Waals surface area contributed by atoms with Crippen molar-refractivity contribution in [1.29, 1.82) is 0 Å². The van der Waals surface area contributed by atoms with Crippen LogP contribution in [0.5, 0.6) is 5.75 Å². The first-order valence-corrected chi connectivity index (χ1v) is 15.0. The zero-order valence-electron chi connectivity index (χ0n) is 25.8. The summed E-state index contributed by atoms with van der Waals surface area (Å²) in [5.41, 5.74) is 5.77. The Morgan fingerprint density at radius 2 is 1.48 bits per heavy atom. The number of nitrogens with two attached hydrogens (primary N) is 1. The van der Waals surface area contributed by atoms with Gasteiger partial charge in [0.2, 0.25) is 0 Å². The molecule has 0 radical (unpaired) electrons. The van der Waals surface area contributed by atoms with Crippen molar-refractivity contribution in [2.75, 3.05) is 72.5 Å². The number of aryl methyl sites for hydroxylation is 1. The van der Waals surface area contributed by atoms with Crippen LogP contribution in [0.3, 0.4) is 0 Å². The molecule has 0 spiro atoms. The molecule has 0 aromatic heterocycles. The third kappa shape index (κ3) is 14.0. The fourth-order valence-electron chi connectivity index (χ4n) is 4.48. The van der Waals surface area contributed by atoms with Crippen LogP contribution in [-0.2, 0) is 39.7 Å². The van der Waals surface area contributed by atoms with Crippen molar-refractivity contribution in [2.24, 2.45) is 17.6 Å². The van der Waals surface area contributed by atoms with Crippen molar-refractivity contribution < 1.29 is 42.8 Å². The predicted molar refractivity (Wildman–Crippen MR) is 157 cm³/mol. The zero-order chi connectivity index (χ0) is 30.8. The van der Waals surface area contributed by atoms with Crippen LogP contribution in [0, 0.1) is 11.8 Å². The summed E-state index contributed by atoms with van der Waals surface area (Å²) in [6.45, 7) is 12.1. The molecule has 1 aliphatic heterocycles. The number of Topliss-reactive ketones (excluding diaryl/α,β-unsaturated/α-hetero) is 1. The quantitative estimate of drug-likeness (QED) is 0.144. The Morgan fingerprint density at radius 3 is 2.02 bits per heavy atom. The summed E-state index contributed by atoms with van der Waals surface area (Å²) in [6.07, 6.45) is 1.54. The molecule has 0 saturated carbocycles. The Balaban J connectivity index is 1.74. The lowest BCUT2D eigenvalue weighted by atomic mass is 9.83. The first-order valence-electron chi connectivity index (χ1n) is 15.0. The molecule has 1 aromatic rings. The van der Waals surface area contributed by atoms with Gasteiger partial charge in [-0.1, -0.05) is 12.1 Å². The molecule has 1 atom stereocenters. The lowest BCUT2D eigenvalue weighted by Gasteiger charge is -2.33. The molecular weight excluding hydrogens is 544 g/mol. The number of carbonyl (C=O) groups excluding carboxylic acids is 3. The molecule has 1 aliphatic rings. The number of esters is 1. The molecule has 0 aliphatic carbocycles. The van der Waals surface area contributed by atoms with Gasteiger partial charge in [-0.05, 0) is 71.1 Å². The largest absolute Gasteiger partial charge is 0.491 e. The van der Waals surface area contributed by atoms with Gasteiger partial charge in [-0.3, -0.25) is 9.59 Å². The van der Waals surface area contributed by atoms with Crippen molar-refractivity contribution in [3.63, 3.8) is 0 Å². The highest BCUT2D eigenvalue weighted by Gasteiger charge is 2.36. The van der Waals surface area contributed by atoms with Gasteiger partial charge in [-0.2, -0.15) is 0 Å². The summed E-state index contributed by atoms with van der Waals surface area (Å²) in [7, 11) is 0. The van der Waals surface area contributed by atoms with Gasteiger partial charge in [0, 0.05) is 25.6 Å². The van der Waals surface area contributed by atoms with Gasteiger partial charge in [-0.15, -0.1) is 0 Å². The zero-order valence-corrected chi connectivity index (χ0v) is 25.8. The van der Waals surface area contributed by atoms with Crippen LogP contribution in [0.15, 0.2) is 24.3 Å². The number of likely N-dealkylation sites (tertiary alicyclic amines) is 1. The van der Waals surface area contributed by atoms with Crippen LogP contribution in [0.4, 0.5) is 4.79 Å². The third-order valence-electron chi connectivity index (χ3n) is 6.61. The van der Waals surface area contributed by atoms with Gasteiger partial charge in [0.1, 0.15) is 29.7 Å². The Morgan fingerprint density at radius 1 is 0.905 bits per heavy atom. The number of hydrogen-bond donors (Lipinski definition) is 1. The standard InChI is InChI=1S/C31H50N2O9/c1-5-40-29(35)27(28(34)25-12-15-33(16-13-25)30(36)42-31(2,3)4)11-8-24-6-9-26(10-7-24)41-23-22-39-21-20-38-19-18-37-17-14-32/h6-7,9-10,25,27H,5,8,11-23,32H2,1-4H3. The minimum absolute atomic E-state index is 0.109. The van der Waals surface area contributed by atoms with Crippen molar-refractivity contribution in [3.05, 3.63) is 29.8 Å². The van der Waals surface area contributed by atoms with E-state index >= 15 is 0 Å². The first kappa shape index (κ1) is 35.5. The highest BCUT2D eigenvalue weighted by atomic mass is 16.6. The molecule has 11 heteroatoms. The minimum Gasteiger partial charge on any atom is -0.491 e. The highest BCUT2D eigenvalue weighted by molar-refractivity contribution is 6.00. The molecule has 1 amide bonds. The smallest absolute Gasteiger partial charge is 0.410 e. The molecule has 42 heavy (non-hydrogen) atoms. The van der Waals surface area contributed by atoms with Gasteiger partial charge in [0.05, 0.1) is 46.2 Å². The summed E-state index contributed by atoms with van der Waals surface area (Å²) in [5, 5.41) is 0. The molecule has 11 nitrogen and oxygen atoms in total. The van der Waals surface area contributed by atoms with Crippen molar-refractivity contribution in [1.82, 2.24) is 4.90 Å². The van der Waals surface area contributed by atoms with Crippen LogP contribution < -0.4 is 10.5 Å². The molecule has 0 bridgehead atoms. The van der Waals surface area contributed by atoms with E-state index in [9.17, 15) is 14.4 Å². The number of rotatable bonds is 19. The van der Waals surface area contributed by atoms with Gasteiger partial charge >= 0.3 is 12.1 Å². The Labute approximate surface area is 250 Å². The maximum Gasteiger partial charge on any atom is 0.410 e. The molecule has 2 N–H and O–H groups in total. The number of piperidine rings is 1. The molecular formula is C31H50N2O9. The number of ketones is 1. The van der Waals surface area contributed by atoms with Crippen LogP contribution >= 0.6 is 0 Å². The van der Waals surface area contributed by atoms with E-state index in [0.29, 0.717) is 97.3 Å². The summed E-state index contributed by atoms with van der Waals surface area (Å²) in [4.78, 5) is 40.1. The molecule has 1 fully saturated rings. The van der Waals surface area contributed by atoms with Crippen LogP contribution in [0.25, 0.3) is 0 Å². The maximum atomic E-state index is 13.4. The number of benzene rings is 1. The molecule has 1 heterocycles. The minimum atomic E-state index is -0.835. The van der Waals surface area contributed by atoms with E-state index in [0.717, 1.165) is 5.56 Å². The fourth-order valence-corrected chi connectivity index (χ4v) is 4.48. The van der Waals surface area contributed by atoms with E-state index in [4.69, 9.17) is 34.2 Å². The second-order valence-electron chi connectivity index (χ2n) is 11.1. The van der Waals surface area contributed by atoms with Gasteiger partial charge < -0.3 is 39.1 Å². The molecule has 1 aromatic carbocycles. The van der Waals surface area contributed by atoms with Crippen LogP contribution in [-0.4, -0.2) is 101 Å². The number of nitrogens with zero attached hydrogens (tertiary/aromatic N) is 1. The van der Waals surface area contributed by atoms with Crippen molar-refractivity contribution in [3.8, 4) is 5.75 Å². The number of amides is 1. The average molecular weight is 595 g/mol. The Kier molecular flexibility index (Phi) is 16.4. The monoisotopic (exact) mass is 594 g/mol. The second-order valence-corrected chi connectivity index (χ2v) is 11.1. The number of carbonyl (C=O) groups is 3. The fraction of sp³-hybridized carbons (Fsp3) is 0.710. The third-order valence-corrected chi connectivity index (χ3v) is 6.61. The molecule has 1 saturated heterocycles. The van der Waals surface area contributed by atoms with Crippen molar-refractivity contribution in [2.45, 2.75) is 59.0 Å². The van der Waals surface area contributed by atoms with Gasteiger partial charge in [0.15, 0.2) is 0 Å². The predicted octanol–water partition coefficient (Wildman–Crippen LogP) is 3.40. The summed E-state index contributed by atoms with van der Waals surface area (Å²) < 4.78 is 32.6. The van der Waals surface area contributed by atoms with E-state index in [2.05, 4.69) is 0 Å². The lowest BCUT2D eigenvalue weighted by Crippen LogP contribution is -2.44. The normalized spacial score (nSPS) is 14.8. The van der Waals surface area contributed by atoms with E-state index in [1.54, 1.807) is 11.8 Å². The maximum absolute atomic E-state index is 13.4. The van der Waals surface area contributed by atoms with Gasteiger partial charge in [0.25, 0.3) is 0 Å². The number of hydrogen-bond acceptors (Lipinski definition) is 10. The van der Waals surface area contributed by atoms with E-state index in [1.807, 2.05) is 45.0 Å². The van der Waals surface area contributed by atoms with Crippen LogP contribution in [0.2, 0.25) is 0 Å². The van der Waals surface area contributed by atoms with Crippen LogP contribution in [0.1, 0.15) is 52.5 Å². The Hall–Kier alpha value is -2.73. The summed E-state index contributed by atoms with van der Waals surface area (Å²) in [6, 6.07) is 7.60. The first-order chi connectivity index (χ1) is 20.1. The molecule has 238 valence electrons. The van der Waals surface area contributed by atoms with E-state index < -0.39 is 17.5 Å². The lowest BCUT2D eigenvalue weighted by molar-refractivity contribution is -0.153. The molecule has 2 rings (SSSR count). The summed E-state index contributed by atoms with van der Waals surface area (Å²) >= 11 is 0. The molecule has 1 unspecified atom stereocenters. The van der Waals surface area contributed by atoms with Crippen molar-refractivity contribution >= 4 is 17.8 Å². The van der Waals surface area contributed by atoms with Gasteiger partial charge in [-0.25, -0.2) is 4.79 Å². The summed E-state index contributed by atoms with van der Waals surface area (Å²) in [5.74, 6) is -1.01.